The normalized spacial score (nSPS) is 16.4. The molecule has 0 spiro atoms. The Balaban J connectivity index is 1.75. The van der Waals surface area contributed by atoms with Crippen molar-refractivity contribution in [1.82, 2.24) is 4.98 Å². The summed E-state index contributed by atoms with van der Waals surface area (Å²) in [7, 11) is 0. The average molecular weight is 270 g/mol. The first-order chi connectivity index (χ1) is 9.33. The molecule has 0 radical (unpaired) electrons. The Kier molecular flexibility index (Phi) is 3.74. The largest absolute Gasteiger partial charge is 0.349 e. The Labute approximate surface area is 119 Å². The van der Waals surface area contributed by atoms with Crippen molar-refractivity contribution in [2.75, 3.05) is 5.32 Å². The predicted octanol–water partition coefficient (Wildman–Crippen LogP) is 4.55. The minimum absolute atomic E-state index is 0.551. The summed E-state index contributed by atoms with van der Waals surface area (Å²) < 4.78 is 0. The first-order valence-corrected chi connectivity index (χ1v) is 7.39. The number of para-hydroxylation sites is 1. The molecule has 0 unspecified atom stereocenters. The van der Waals surface area contributed by atoms with Gasteiger partial charge in [-0.25, -0.2) is 0 Å². The molecule has 98 valence electrons. The minimum atomic E-state index is 0.551. The van der Waals surface area contributed by atoms with Gasteiger partial charge in [-0.1, -0.05) is 49.7 Å². The Bertz CT molecular complexity index is 588. The molecule has 1 aromatic carbocycles. The number of nitrogens with one attached hydrogen (secondary N) is 1. The maximum Gasteiger partial charge on any atom is 0.0829 e. The quantitative estimate of drug-likeness (QED) is 0.810. The van der Waals surface area contributed by atoms with Crippen LogP contribution in [0, 0.1) is 5.92 Å². The van der Waals surface area contributed by atoms with Crippen molar-refractivity contribution >= 4 is 33.8 Å². The highest BCUT2D eigenvalue weighted by atomic mass is 32.1. The van der Waals surface area contributed by atoms with Crippen LogP contribution < -0.4 is 5.32 Å². The molecular weight excluding hydrogens is 252 g/mol. The molecule has 1 heterocycles. The van der Waals surface area contributed by atoms with E-state index >= 15 is 0 Å². The minimum Gasteiger partial charge on any atom is -0.349 e. The van der Waals surface area contributed by atoms with Crippen molar-refractivity contribution in [3.8, 4) is 0 Å². The van der Waals surface area contributed by atoms with E-state index in [0.29, 0.717) is 5.92 Å². The van der Waals surface area contributed by atoms with Gasteiger partial charge in [-0.15, -0.1) is 0 Å². The molecule has 0 saturated heterocycles. The third kappa shape index (κ3) is 2.92. The molecule has 1 aromatic heterocycles. The number of benzene rings is 1. The maximum atomic E-state index is 5.54. The third-order valence-electron chi connectivity index (χ3n) is 3.83. The molecule has 1 aliphatic carbocycles. The second-order valence-corrected chi connectivity index (χ2v) is 5.68. The van der Waals surface area contributed by atoms with Gasteiger partial charge in [-0.3, -0.25) is 4.98 Å². The highest BCUT2D eigenvalue weighted by molar-refractivity contribution is 7.80. The van der Waals surface area contributed by atoms with Crippen LogP contribution in [0.4, 0.5) is 5.69 Å². The third-order valence-corrected chi connectivity index (χ3v) is 4.27. The Morgan fingerprint density at radius 1 is 1.16 bits per heavy atom. The molecule has 0 aliphatic heterocycles. The molecule has 1 N–H and O–H groups in total. The summed E-state index contributed by atoms with van der Waals surface area (Å²) in [5, 5.41) is 4.52. The number of rotatable bonds is 2. The Hall–Kier alpha value is -1.48. The van der Waals surface area contributed by atoms with E-state index in [1.54, 1.807) is 0 Å². The number of anilines is 1. The first kappa shape index (κ1) is 12.5. The Morgan fingerprint density at radius 3 is 2.79 bits per heavy atom. The number of hydrogen-bond donors (Lipinski definition) is 1. The monoisotopic (exact) mass is 270 g/mol. The van der Waals surface area contributed by atoms with Crippen LogP contribution in [0.25, 0.3) is 10.9 Å². The highest BCUT2D eigenvalue weighted by Crippen LogP contribution is 2.26. The summed E-state index contributed by atoms with van der Waals surface area (Å²) >= 11 is 5.54. The van der Waals surface area contributed by atoms with Gasteiger partial charge in [0.2, 0.25) is 0 Å². The van der Waals surface area contributed by atoms with E-state index in [9.17, 15) is 0 Å². The zero-order valence-electron chi connectivity index (χ0n) is 10.9. The lowest BCUT2D eigenvalue weighted by atomic mass is 9.89. The number of nitrogens with zero attached hydrogens (tertiary/aromatic N) is 1. The fourth-order valence-corrected chi connectivity index (χ4v) is 3.10. The van der Waals surface area contributed by atoms with Crippen molar-refractivity contribution < 1.29 is 0 Å². The van der Waals surface area contributed by atoms with Crippen LogP contribution in [-0.4, -0.2) is 9.97 Å². The summed E-state index contributed by atoms with van der Waals surface area (Å²) in [5.74, 6) is 0.551. The van der Waals surface area contributed by atoms with Gasteiger partial charge in [-0.2, -0.15) is 0 Å². The van der Waals surface area contributed by atoms with Crippen LogP contribution in [0.15, 0.2) is 36.5 Å². The van der Waals surface area contributed by atoms with Gasteiger partial charge in [0.1, 0.15) is 0 Å². The van der Waals surface area contributed by atoms with Gasteiger partial charge in [0.05, 0.1) is 22.4 Å². The van der Waals surface area contributed by atoms with E-state index in [2.05, 4.69) is 22.4 Å². The second-order valence-electron chi connectivity index (χ2n) is 5.24. The molecule has 0 bridgehead atoms. The van der Waals surface area contributed by atoms with E-state index < -0.39 is 0 Å². The molecule has 1 fully saturated rings. The summed E-state index contributed by atoms with van der Waals surface area (Å²) in [4.78, 5) is 5.44. The molecule has 3 rings (SSSR count). The number of aromatic nitrogens is 1. The van der Waals surface area contributed by atoms with Gasteiger partial charge < -0.3 is 5.32 Å². The molecule has 1 aliphatic rings. The lowest BCUT2D eigenvalue weighted by Gasteiger charge is -2.23. The molecular formula is C16H18N2S. The van der Waals surface area contributed by atoms with Crippen LogP contribution in [0.3, 0.4) is 0 Å². The first-order valence-electron chi connectivity index (χ1n) is 6.98. The van der Waals surface area contributed by atoms with E-state index in [-0.39, 0.29) is 0 Å². The summed E-state index contributed by atoms with van der Waals surface area (Å²) in [6.45, 7) is 0. The fraction of sp³-hybridized carbons (Fsp3) is 0.375. The number of pyridine rings is 1. The molecule has 19 heavy (non-hydrogen) atoms. The maximum absolute atomic E-state index is 5.54. The average Bonchev–Trinajstić information content (AvgIpc) is 2.48. The zero-order chi connectivity index (χ0) is 13.1. The summed E-state index contributed by atoms with van der Waals surface area (Å²) in [6.07, 6.45) is 8.30. The van der Waals surface area contributed by atoms with Crippen molar-refractivity contribution in [2.24, 2.45) is 5.92 Å². The number of thiocarbonyl (C=S) groups is 1. The lowest BCUT2D eigenvalue weighted by Crippen LogP contribution is -2.22. The van der Waals surface area contributed by atoms with Gasteiger partial charge in [0.15, 0.2) is 0 Å². The smallest absolute Gasteiger partial charge is 0.0829 e. The summed E-state index contributed by atoms with van der Waals surface area (Å²) in [5.41, 5.74) is 2.03. The van der Waals surface area contributed by atoms with Gasteiger partial charge in [-0.05, 0) is 25.0 Å². The van der Waals surface area contributed by atoms with Crippen LogP contribution in [0.5, 0.6) is 0 Å². The second kappa shape index (κ2) is 5.66. The van der Waals surface area contributed by atoms with Crippen LogP contribution in [-0.2, 0) is 0 Å². The van der Waals surface area contributed by atoms with Crippen LogP contribution >= 0.6 is 12.2 Å². The van der Waals surface area contributed by atoms with E-state index in [1.807, 2.05) is 24.4 Å². The summed E-state index contributed by atoms with van der Waals surface area (Å²) in [6, 6.07) is 10.3. The SMILES string of the molecule is S=C(Nc1cnc2ccccc2c1)C1CCCCC1. The number of hydrogen-bond acceptors (Lipinski definition) is 2. The zero-order valence-corrected chi connectivity index (χ0v) is 11.7. The van der Waals surface area contributed by atoms with Crippen molar-refractivity contribution in [2.45, 2.75) is 32.1 Å². The molecule has 0 atom stereocenters. The van der Waals surface area contributed by atoms with Gasteiger partial charge >= 0.3 is 0 Å². The number of fused-ring (bicyclic) bond motifs is 1. The molecule has 0 amide bonds. The molecule has 3 heteroatoms. The van der Waals surface area contributed by atoms with Crippen molar-refractivity contribution in [3.63, 3.8) is 0 Å². The van der Waals surface area contributed by atoms with Crippen LogP contribution in [0.1, 0.15) is 32.1 Å². The Morgan fingerprint density at radius 2 is 1.95 bits per heavy atom. The van der Waals surface area contributed by atoms with E-state index in [0.717, 1.165) is 21.6 Å². The fourth-order valence-electron chi connectivity index (χ4n) is 2.75. The molecule has 1 saturated carbocycles. The van der Waals surface area contributed by atoms with Crippen LogP contribution in [0.2, 0.25) is 0 Å². The van der Waals surface area contributed by atoms with Gasteiger partial charge in [0.25, 0.3) is 0 Å². The van der Waals surface area contributed by atoms with Crippen molar-refractivity contribution in [1.29, 1.82) is 0 Å². The molecule has 2 aromatic rings. The van der Waals surface area contributed by atoms with E-state index in [1.165, 1.54) is 32.1 Å². The molecule has 2 nitrogen and oxygen atoms in total. The topological polar surface area (TPSA) is 24.9 Å². The van der Waals surface area contributed by atoms with Crippen molar-refractivity contribution in [3.05, 3.63) is 36.5 Å². The lowest BCUT2D eigenvalue weighted by molar-refractivity contribution is 0.442. The predicted molar refractivity (Wildman–Crippen MR) is 84.5 cm³/mol. The van der Waals surface area contributed by atoms with Gasteiger partial charge in [0, 0.05) is 11.3 Å². The standard InChI is InChI=1S/C16H18N2S/c19-16(12-6-2-1-3-7-12)18-14-10-13-8-4-5-9-15(13)17-11-14/h4-5,8-12H,1-3,6-7H2,(H,18,19). The van der Waals surface area contributed by atoms with E-state index in [4.69, 9.17) is 12.2 Å². The highest BCUT2D eigenvalue weighted by Gasteiger charge is 2.17.